The molecule has 194 valence electrons. The van der Waals surface area contributed by atoms with Gasteiger partial charge in [-0.15, -0.1) is 0 Å². The molecule has 4 atom stereocenters. The molecule has 0 aromatic carbocycles. The Labute approximate surface area is 214 Å². The van der Waals surface area contributed by atoms with Gasteiger partial charge in [0.15, 0.2) is 5.65 Å². The van der Waals surface area contributed by atoms with Gasteiger partial charge in [-0.05, 0) is 31.4 Å². The number of carbonyl (C=O) groups is 1. The molecule has 6 rings (SSSR count). The number of rotatable bonds is 7. The number of hydrogen-bond acceptors (Lipinski definition) is 8. The van der Waals surface area contributed by atoms with Crippen LogP contribution < -0.4 is 10.6 Å². The highest BCUT2D eigenvalue weighted by Gasteiger charge is 2.33. The Morgan fingerprint density at radius 1 is 1.14 bits per heavy atom. The van der Waals surface area contributed by atoms with E-state index in [1.165, 1.54) is 0 Å². The van der Waals surface area contributed by atoms with Crippen molar-refractivity contribution in [2.24, 2.45) is 0 Å². The first kappa shape index (κ1) is 23.8. The lowest BCUT2D eigenvalue weighted by Gasteiger charge is -2.35. The molecule has 0 bridgehead atoms. The van der Waals surface area contributed by atoms with E-state index in [9.17, 15) is 4.79 Å². The fourth-order valence-electron chi connectivity index (χ4n) is 5.38. The van der Waals surface area contributed by atoms with Crippen molar-refractivity contribution in [3.05, 3.63) is 42.4 Å². The Morgan fingerprint density at radius 3 is 2.76 bits per heavy atom. The predicted octanol–water partition coefficient (Wildman–Crippen LogP) is 2.62. The van der Waals surface area contributed by atoms with Gasteiger partial charge < -0.3 is 29.4 Å². The third-order valence-corrected chi connectivity index (χ3v) is 7.61. The van der Waals surface area contributed by atoms with E-state index in [1.807, 2.05) is 37.6 Å². The van der Waals surface area contributed by atoms with Crippen molar-refractivity contribution >= 4 is 17.4 Å². The molecular weight excluding hydrogens is 474 g/mol. The normalized spacial score (nSPS) is 23.8. The number of methoxy groups -OCH3 is 2. The van der Waals surface area contributed by atoms with E-state index in [4.69, 9.17) is 24.2 Å². The van der Waals surface area contributed by atoms with Crippen molar-refractivity contribution in [2.45, 2.75) is 43.6 Å². The van der Waals surface area contributed by atoms with Gasteiger partial charge in [-0.2, -0.15) is 9.61 Å². The maximum atomic E-state index is 13.2. The summed E-state index contributed by atoms with van der Waals surface area (Å²) in [6.07, 6.45) is 8.13. The van der Waals surface area contributed by atoms with Gasteiger partial charge in [0.05, 0.1) is 36.7 Å². The summed E-state index contributed by atoms with van der Waals surface area (Å²) in [4.78, 5) is 22.8. The largest absolute Gasteiger partial charge is 0.379 e. The maximum absolute atomic E-state index is 13.2. The number of hydrogen-bond donors (Lipinski definition) is 2. The van der Waals surface area contributed by atoms with E-state index in [0.29, 0.717) is 30.1 Å². The maximum Gasteiger partial charge on any atom is 0.257 e. The molecule has 3 aliphatic heterocycles. The van der Waals surface area contributed by atoms with Gasteiger partial charge >= 0.3 is 0 Å². The molecule has 1 aliphatic carbocycles. The van der Waals surface area contributed by atoms with Gasteiger partial charge in [0.2, 0.25) is 0 Å². The Balaban J connectivity index is 1.37. The first-order chi connectivity index (χ1) is 18.1. The Bertz CT molecular complexity index is 1400. The number of aromatic nitrogens is 5. The van der Waals surface area contributed by atoms with Gasteiger partial charge in [-0.25, -0.2) is 9.97 Å². The third-order valence-electron chi connectivity index (χ3n) is 7.61. The lowest BCUT2D eigenvalue weighted by Crippen LogP contribution is -2.51. The SMILES string of the molecule is CNc1cc(-c2cnc3n([C@@H]4CCOC[C@H]4OC)cccc2-3)nc2c(C(=O)NC3CC[C@H]3OC)cnn12. The number of fused-ring (bicyclic) bond motifs is 2. The van der Waals surface area contributed by atoms with Crippen LogP contribution >= 0.6 is 0 Å². The standard InChI is InChI=1S/C26H31N7O4/c1-27-23-11-19(30-25-17(13-29-33(23)25)26(34)31-18-6-7-21(18)35-2)16-12-28-24-15(16)5-4-9-32(24)20-8-10-37-14-22(20)36-3/h4-5,9,11-13,18,20-22,27H,6-8,10,14H2,1-3H3,(H,31,34)/t18?,20-,21-,22-/m1/s1. The van der Waals surface area contributed by atoms with Crippen LogP contribution in [-0.4, -0.2) is 82.8 Å². The minimum Gasteiger partial charge on any atom is -0.379 e. The fourth-order valence-corrected chi connectivity index (χ4v) is 5.38. The quantitative estimate of drug-likeness (QED) is 0.394. The van der Waals surface area contributed by atoms with Crippen molar-refractivity contribution in [1.29, 1.82) is 0 Å². The first-order valence-corrected chi connectivity index (χ1v) is 12.6. The van der Waals surface area contributed by atoms with Gasteiger partial charge in [0.25, 0.3) is 5.91 Å². The number of anilines is 1. The minimum absolute atomic E-state index is 0.000759. The average Bonchev–Trinajstić information content (AvgIpc) is 3.55. The number of ether oxygens (including phenoxy) is 3. The predicted molar refractivity (Wildman–Crippen MR) is 137 cm³/mol. The van der Waals surface area contributed by atoms with E-state index in [-0.39, 0.29) is 30.2 Å². The summed E-state index contributed by atoms with van der Waals surface area (Å²) in [5, 5.41) is 10.7. The van der Waals surface area contributed by atoms with Gasteiger partial charge in [-0.1, -0.05) is 0 Å². The van der Waals surface area contributed by atoms with Crippen LogP contribution in [0.25, 0.3) is 28.3 Å². The Hall–Kier alpha value is -3.54. The second-order valence-corrected chi connectivity index (χ2v) is 9.53. The molecular formula is C26H31N7O4. The number of nitrogens with one attached hydrogen (secondary N) is 2. The summed E-state index contributed by atoms with van der Waals surface area (Å²) in [5.74, 6) is 1.38. The zero-order chi connectivity index (χ0) is 25.5. The second kappa shape index (κ2) is 9.73. The number of amides is 1. The second-order valence-electron chi connectivity index (χ2n) is 9.53. The molecule has 0 radical (unpaired) electrons. The lowest BCUT2D eigenvalue weighted by molar-refractivity contribution is -0.0600. The van der Waals surface area contributed by atoms with Crippen LogP contribution in [0.4, 0.5) is 5.82 Å². The molecule has 2 N–H and O–H groups in total. The molecule has 5 heterocycles. The first-order valence-electron chi connectivity index (χ1n) is 12.6. The molecule has 1 unspecified atom stereocenters. The number of pyridine rings is 1. The van der Waals surface area contributed by atoms with Gasteiger partial charge in [-0.3, -0.25) is 4.79 Å². The van der Waals surface area contributed by atoms with Crippen LogP contribution in [0, 0.1) is 0 Å². The van der Waals surface area contributed by atoms with Gasteiger partial charge in [0.1, 0.15) is 23.3 Å². The summed E-state index contributed by atoms with van der Waals surface area (Å²) >= 11 is 0. The van der Waals surface area contributed by atoms with E-state index < -0.39 is 0 Å². The van der Waals surface area contributed by atoms with Crippen molar-refractivity contribution in [1.82, 2.24) is 29.5 Å². The zero-order valence-electron chi connectivity index (χ0n) is 21.2. The van der Waals surface area contributed by atoms with Crippen LogP contribution in [0.5, 0.6) is 0 Å². The zero-order valence-corrected chi connectivity index (χ0v) is 21.2. The molecule has 2 aromatic rings. The molecule has 2 fully saturated rings. The van der Waals surface area contributed by atoms with Crippen molar-refractivity contribution in [2.75, 3.05) is 39.8 Å². The fraction of sp³-hybridized carbons (Fsp3) is 0.462. The summed E-state index contributed by atoms with van der Waals surface area (Å²) in [5.41, 5.74) is 3.47. The summed E-state index contributed by atoms with van der Waals surface area (Å²) in [7, 11) is 5.21. The minimum atomic E-state index is -0.207. The van der Waals surface area contributed by atoms with Crippen LogP contribution in [0.2, 0.25) is 0 Å². The van der Waals surface area contributed by atoms with Crippen LogP contribution in [-0.2, 0) is 14.2 Å². The molecule has 1 saturated heterocycles. The summed E-state index contributed by atoms with van der Waals surface area (Å²) in [6, 6.07) is 6.12. The molecule has 0 spiro atoms. The highest BCUT2D eigenvalue weighted by molar-refractivity contribution is 6.00. The van der Waals surface area contributed by atoms with Crippen molar-refractivity contribution in [3.8, 4) is 22.6 Å². The van der Waals surface area contributed by atoms with Crippen molar-refractivity contribution in [3.63, 3.8) is 0 Å². The van der Waals surface area contributed by atoms with Crippen LogP contribution in [0.15, 0.2) is 36.8 Å². The smallest absolute Gasteiger partial charge is 0.257 e. The Kier molecular flexibility index (Phi) is 6.27. The lowest BCUT2D eigenvalue weighted by atomic mass is 9.89. The molecule has 11 heteroatoms. The summed E-state index contributed by atoms with van der Waals surface area (Å²) < 4.78 is 20.6. The molecule has 2 aromatic heterocycles. The number of carbonyl (C=O) groups excluding carboxylic acids is 1. The van der Waals surface area contributed by atoms with E-state index in [0.717, 1.165) is 42.0 Å². The monoisotopic (exact) mass is 505 g/mol. The molecule has 4 aliphatic rings. The van der Waals surface area contributed by atoms with E-state index in [1.54, 1.807) is 24.9 Å². The molecule has 11 nitrogen and oxygen atoms in total. The number of nitrogens with zero attached hydrogens (tertiary/aromatic N) is 5. The Morgan fingerprint density at radius 2 is 2.00 bits per heavy atom. The third kappa shape index (κ3) is 4.03. The van der Waals surface area contributed by atoms with Crippen molar-refractivity contribution < 1.29 is 19.0 Å². The van der Waals surface area contributed by atoms with Gasteiger partial charge in [0, 0.05) is 57.5 Å². The van der Waals surface area contributed by atoms with E-state index >= 15 is 0 Å². The molecule has 1 amide bonds. The topological polar surface area (TPSA) is 117 Å². The highest BCUT2D eigenvalue weighted by Crippen LogP contribution is 2.37. The molecule has 1 saturated carbocycles. The van der Waals surface area contributed by atoms with E-state index in [2.05, 4.69) is 20.3 Å². The van der Waals surface area contributed by atoms with Crippen LogP contribution in [0.1, 0.15) is 35.7 Å². The van der Waals surface area contributed by atoms with Crippen LogP contribution in [0.3, 0.4) is 0 Å². The molecule has 37 heavy (non-hydrogen) atoms. The summed E-state index contributed by atoms with van der Waals surface area (Å²) in [6.45, 7) is 1.24. The highest BCUT2D eigenvalue weighted by atomic mass is 16.5. The average molecular weight is 506 g/mol.